The normalized spacial score (nSPS) is 20.5. The van der Waals surface area contributed by atoms with Gasteiger partial charge in [-0.3, -0.25) is 9.59 Å². The standard InChI is InChI=1S/C17H23NO5/c1-11(10-22-13-7-5-12(21-4)6-8-13)18-16(20)14-9-15(19)23-17(14,2)3/h5-8,11,14H,9-10H2,1-4H3,(H,18,20)/t11-,14+/m0/s1. The molecule has 1 aromatic rings. The van der Waals surface area contributed by atoms with Crippen LogP contribution >= 0.6 is 0 Å². The molecule has 2 atom stereocenters. The van der Waals surface area contributed by atoms with Gasteiger partial charge in [0.25, 0.3) is 0 Å². The highest BCUT2D eigenvalue weighted by molar-refractivity contribution is 5.87. The minimum absolute atomic E-state index is 0.116. The molecule has 6 heteroatoms. The predicted octanol–water partition coefficient (Wildman–Crippen LogP) is 1.92. The summed E-state index contributed by atoms with van der Waals surface area (Å²) in [4.78, 5) is 23.7. The van der Waals surface area contributed by atoms with Crippen LogP contribution in [0.5, 0.6) is 11.5 Å². The number of methoxy groups -OCH3 is 1. The molecular weight excluding hydrogens is 298 g/mol. The minimum Gasteiger partial charge on any atom is -0.497 e. The van der Waals surface area contributed by atoms with E-state index in [4.69, 9.17) is 14.2 Å². The molecule has 23 heavy (non-hydrogen) atoms. The number of esters is 1. The monoisotopic (exact) mass is 321 g/mol. The number of hydrogen-bond donors (Lipinski definition) is 1. The van der Waals surface area contributed by atoms with Crippen LogP contribution in [0.1, 0.15) is 27.2 Å². The van der Waals surface area contributed by atoms with Crippen molar-refractivity contribution in [1.29, 1.82) is 0 Å². The summed E-state index contributed by atoms with van der Waals surface area (Å²) in [6, 6.07) is 7.04. The molecule has 126 valence electrons. The highest BCUT2D eigenvalue weighted by atomic mass is 16.6. The molecule has 1 N–H and O–H groups in total. The number of carbonyl (C=O) groups is 2. The molecular formula is C17H23NO5. The highest BCUT2D eigenvalue weighted by Crippen LogP contribution is 2.32. The molecule has 0 spiro atoms. The van der Waals surface area contributed by atoms with Gasteiger partial charge in [-0.25, -0.2) is 0 Å². The summed E-state index contributed by atoms with van der Waals surface area (Å²) in [5, 5.41) is 2.87. The summed E-state index contributed by atoms with van der Waals surface area (Å²) >= 11 is 0. The van der Waals surface area contributed by atoms with E-state index in [1.807, 2.05) is 19.1 Å². The first-order valence-corrected chi connectivity index (χ1v) is 7.61. The van der Waals surface area contributed by atoms with Gasteiger partial charge < -0.3 is 19.5 Å². The van der Waals surface area contributed by atoms with E-state index < -0.39 is 11.5 Å². The van der Waals surface area contributed by atoms with Gasteiger partial charge in [0, 0.05) is 0 Å². The Labute approximate surface area is 136 Å². The Bertz CT molecular complexity index is 567. The largest absolute Gasteiger partial charge is 0.497 e. The van der Waals surface area contributed by atoms with Crippen molar-refractivity contribution in [3.05, 3.63) is 24.3 Å². The molecule has 0 aromatic heterocycles. The van der Waals surface area contributed by atoms with Crippen LogP contribution in [0.15, 0.2) is 24.3 Å². The molecule has 0 bridgehead atoms. The molecule has 1 fully saturated rings. The van der Waals surface area contributed by atoms with Crippen LogP contribution in [-0.2, 0) is 14.3 Å². The topological polar surface area (TPSA) is 73.9 Å². The van der Waals surface area contributed by atoms with Gasteiger partial charge in [0.05, 0.1) is 25.5 Å². The van der Waals surface area contributed by atoms with Gasteiger partial charge in [-0.2, -0.15) is 0 Å². The lowest BCUT2D eigenvalue weighted by molar-refractivity contribution is -0.147. The summed E-state index contributed by atoms with van der Waals surface area (Å²) < 4.78 is 15.9. The number of amides is 1. The predicted molar refractivity (Wildman–Crippen MR) is 84.4 cm³/mol. The first-order valence-electron chi connectivity index (χ1n) is 7.61. The zero-order valence-corrected chi connectivity index (χ0v) is 13.9. The molecule has 1 heterocycles. The van der Waals surface area contributed by atoms with Gasteiger partial charge in [-0.15, -0.1) is 0 Å². The number of rotatable bonds is 6. The molecule has 6 nitrogen and oxygen atoms in total. The maximum Gasteiger partial charge on any atom is 0.307 e. The first-order chi connectivity index (χ1) is 10.8. The van der Waals surface area contributed by atoms with Crippen LogP contribution in [0, 0.1) is 5.92 Å². The van der Waals surface area contributed by atoms with Gasteiger partial charge in [0.15, 0.2) is 0 Å². The van der Waals surface area contributed by atoms with E-state index in [-0.39, 0.29) is 24.3 Å². The molecule has 1 aromatic carbocycles. The van der Waals surface area contributed by atoms with E-state index in [0.717, 1.165) is 5.75 Å². The van der Waals surface area contributed by atoms with Crippen LogP contribution in [0.4, 0.5) is 0 Å². The third kappa shape index (κ3) is 4.37. The van der Waals surface area contributed by atoms with Gasteiger partial charge in [0.1, 0.15) is 23.7 Å². The summed E-state index contributed by atoms with van der Waals surface area (Å²) in [6.07, 6.45) is 0.116. The maximum absolute atomic E-state index is 12.3. The van der Waals surface area contributed by atoms with Gasteiger partial charge in [0.2, 0.25) is 5.91 Å². The SMILES string of the molecule is COc1ccc(OC[C@H](C)NC(=O)[C@H]2CC(=O)OC2(C)C)cc1. The average molecular weight is 321 g/mol. The molecule has 0 saturated carbocycles. The van der Waals surface area contributed by atoms with Crippen molar-refractivity contribution in [3.63, 3.8) is 0 Å². The molecule has 1 amide bonds. The summed E-state index contributed by atoms with van der Waals surface area (Å²) in [6.45, 7) is 5.69. The van der Waals surface area contributed by atoms with E-state index in [9.17, 15) is 9.59 Å². The van der Waals surface area contributed by atoms with Crippen LogP contribution in [0.3, 0.4) is 0 Å². The van der Waals surface area contributed by atoms with Crippen molar-refractivity contribution in [2.45, 2.75) is 38.8 Å². The molecule has 1 aliphatic heterocycles. The summed E-state index contributed by atoms with van der Waals surface area (Å²) in [7, 11) is 1.60. The highest BCUT2D eigenvalue weighted by Gasteiger charge is 2.46. The van der Waals surface area contributed by atoms with Crippen molar-refractivity contribution < 1.29 is 23.8 Å². The Balaban J connectivity index is 1.83. The Morgan fingerprint density at radius 1 is 1.35 bits per heavy atom. The third-order valence-corrected chi connectivity index (χ3v) is 3.85. The fourth-order valence-corrected chi connectivity index (χ4v) is 2.51. The minimum atomic E-state index is -0.766. The van der Waals surface area contributed by atoms with Crippen molar-refractivity contribution in [3.8, 4) is 11.5 Å². The first kappa shape index (κ1) is 17.1. The van der Waals surface area contributed by atoms with Crippen LogP contribution in [0.2, 0.25) is 0 Å². The van der Waals surface area contributed by atoms with Crippen molar-refractivity contribution >= 4 is 11.9 Å². The number of benzene rings is 1. The Morgan fingerprint density at radius 2 is 1.96 bits per heavy atom. The molecule has 0 radical (unpaired) electrons. The lowest BCUT2D eigenvalue weighted by Gasteiger charge is -2.25. The zero-order valence-electron chi connectivity index (χ0n) is 13.9. The Hall–Kier alpha value is -2.24. The molecule has 0 unspecified atom stereocenters. The lowest BCUT2D eigenvalue weighted by Crippen LogP contribution is -2.45. The zero-order chi connectivity index (χ0) is 17.0. The molecule has 1 saturated heterocycles. The maximum atomic E-state index is 12.3. The second-order valence-electron chi connectivity index (χ2n) is 6.23. The smallest absolute Gasteiger partial charge is 0.307 e. The Kier molecular flexibility index (Phi) is 5.13. The van der Waals surface area contributed by atoms with Gasteiger partial charge in [-0.05, 0) is 45.0 Å². The van der Waals surface area contributed by atoms with Crippen molar-refractivity contribution in [2.24, 2.45) is 5.92 Å². The van der Waals surface area contributed by atoms with E-state index in [1.165, 1.54) is 0 Å². The van der Waals surface area contributed by atoms with Gasteiger partial charge >= 0.3 is 5.97 Å². The van der Waals surface area contributed by atoms with Gasteiger partial charge in [-0.1, -0.05) is 0 Å². The number of hydrogen-bond acceptors (Lipinski definition) is 5. The molecule has 2 rings (SSSR count). The third-order valence-electron chi connectivity index (χ3n) is 3.85. The number of nitrogens with one attached hydrogen (secondary N) is 1. The second-order valence-corrected chi connectivity index (χ2v) is 6.23. The summed E-state index contributed by atoms with van der Waals surface area (Å²) in [5.41, 5.74) is -0.766. The molecule has 0 aliphatic carbocycles. The fraction of sp³-hybridized carbons (Fsp3) is 0.529. The fourth-order valence-electron chi connectivity index (χ4n) is 2.51. The Morgan fingerprint density at radius 3 is 2.48 bits per heavy atom. The van der Waals surface area contributed by atoms with Crippen LogP contribution < -0.4 is 14.8 Å². The van der Waals surface area contributed by atoms with Crippen LogP contribution in [0.25, 0.3) is 0 Å². The molecule has 1 aliphatic rings. The average Bonchev–Trinajstić information content (AvgIpc) is 2.78. The van der Waals surface area contributed by atoms with E-state index in [2.05, 4.69) is 5.32 Å². The van der Waals surface area contributed by atoms with E-state index in [1.54, 1.807) is 33.1 Å². The number of cyclic esters (lactones) is 1. The van der Waals surface area contributed by atoms with Crippen molar-refractivity contribution in [2.75, 3.05) is 13.7 Å². The number of carbonyl (C=O) groups excluding carboxylic acids is 2. The summed E-state index contributed by atoms with van der Waals surface area (Å²) in [5.74, 6) is 0.459. The second kappa shape index (κ2) is 6.89. The number of ether oxygens (including phenoxy) is 3. The van der Waals surface area contributed by atoms with E-state index in [0.29, 0.717) is 12.4 Å². The quantitative estimate of drug-likeness (QED) is 0.810. The lowest BCUT2D eigenvalue weighted by atomic mass is 9.90. The van der Waals surface area contributed by atoms with Crippen molar-refractivity contribution in [1.82, 2.24) is 5.32 Å². The van der Waals surface area contributed by atoms with Crippen LogP contribution in [-0.4, -0.2) is 37.2 Å². The van der Waals surface area contributed by atoms with E-state index >= 15 is 0 Å².